The number of phosphoric ester groups is 1. The third kappa shape index (κ3) is 57.5. The van der Waals surface area contributed by atoms with Crippen LogP contribution in [0.4, 0.5) is 0 Å². The maximum atomic E-state index is 12.7. The van der Waals surface area contributed by atoms with Gasteiger partial charge in [-0.05, 0) is 103 Å². The zero-order chi connectivity index (χ0) is 53.1. The quantitative estimate of drug-likeness (QED) is 0.0264. The van der Waals surface area contributed by atoms with Crippen LogP contribution in [0.25, 0.3) is 0 Å². The molecule has 0 saturated carbocycles. The number of hydrogen-bond acceptors (Lipinski definition) is 8. The first-order chi connectivity index (χ1) is 35.8. The molecule has 0 radical (unpaired) electrons. The van der Waals surface area contributed by atoms with Gasteiger partial charge < -0.3 is 20.1 Å². The molecule has 0 aliphatic heterocycles. The molecule has 0 spiro atoms. The van der Waals surface area contributed by atoms with Gasteiger partial charge in [0.05, 0.1) is 13.2 Å². The molecule has 2 unspecified atom stereocenters. The van der Waals surface area contributed by atoms with Gasteiger partial charge in [0.15, 0.2) is 6.10 Å². The summed E-state index contributed by atoms with van der Waals surface area (Å²) in [5, 5.41) is 0. The number of unbranched alkanes of at least 4 members (excludes halogenated alkanes) is 20. The Labute approximate surface area is 447 Å². The second-order valence-electron chi connectivity index (χ2n) is 18.7. The van der Waals surface area contributed by atoms with Gasteiger partial charge in [-0.2, -0.15) is 0 Å². The zero-order valence-corrected chi connectivity index (χ0v) is 47.2. The fourth-order valence-electron chi connectivity index (χ4n) is 7.63. The van der Waals surface area contributed by atoms with Crippen LogP contribution in [-0.4, -0.2) is 49.3 Å². The Morgan fingerprint density at radius 3 is 1.05 bits per heavy atom. The fraction of sp³-hybridized carbons (Fsp3) is 0.651. The van der Waals surface area contributed by atoms with Gasteiger partial charge in [-0.15, -0.1) is 0 Å². The lowest BCUT2D eigenvalue weighted by Gasteiger charge is -2.19. The first kappa shape index (κ1) is 69.4. The molecule has 10 heteroatoms. The molecule has 0 bridgehead atoms. The highest BCUT2D eigenvalue weighted by atomic mass is 31.2. The summed E-state index contributed by atoms with van der Waals surface area (Å²) >= 11 is 0. The summed E-state index contributed by atoms with van der Waals surface area (Å²) in [7, 11) is -4.40. The number of ether oxygens (including phenoxy) is 2. The van der Waals surface area contributed by atoms with Gasteiger partial charge in [-0.1, -0.05) is 238 Å². The van der Waals surface area contributed by atoms with E-state index < -0.39 is 32.5 Å². The Morgan fingerprint density at radius 1 is 0.411 bits per heavy atom. The average molecular weight is 1040 g/mol. The lowest BCUT2D eigenvalue weighted by Crippen LogP contribution is -2.29. The molecule has 416 valence electrons. The maximum absolute atomic E-state index is 12.7. The molecule has 0 heterocycles. The topological polar surface area (TPSA) is 134 Å². The molecule has 0 aromatic carbocycles. The number of phosphoric acid groups is 1. The lowest BCUT2D eigenvalue weighted by molar-refractivity contribution is -0.161. The summed E-state index contributed by atoms with van der Waals surface area (Å²) in [5.41, 5.74) is 5.38. The average Bonchev–Trinajstić information content (AvgIpc) is 3.38. The Hall–Kier alpha value is -3.59. The minimum Gasteiger partial charge on any atom is -0.462 e. The van der Waals surface area contributed by atoms with Gasteiger partial charge in [-0.25, -0.2) is 4.57 Å². The van der Waals surface area contributed by atoms with Crippen LogP contribution in [-0.2, 0) is 32.7 Å². The zero-order valence-electron chi connectivity index (χ0n) is 46.3. The number of nitrogens with two attached hydrogens (primary N) is 1. The second kappa shape index (κ2) is 57.7. The van der Waals surface area contributed by atoms with Gasteiger partial charge in [-0.3, -0.25) is 18.6 Å². The van der Waals surface area contributed by atoms with E-state index in [1.807, 2.05) is 0 Å². The van der Waals surface area contributed by atoms with Crippen LogP contribution in [0.2, 0.25) is 0 Å². The summed E-state index contributed by atoms with van der Waals surface area (Å²) in [6.07, 6.45) is 79.6. The summed E-state index contributed by atoms with van der Waals surface area (Å²) in [6, 6.07) is 0. The summed E-state index contributed by atoms with van der Waals surface area (Å²) < 4.78 is 33.0. The fourth-order valence-corrected chi connectivity index (χ4v) is 8.40. The van der Waals surface area contributed by atoms with E-state index in [9.17, 15) is 19.0 Å². The third-order valence-corrected chi connectivity index (χ3v) is 12.8. The van der Waals surface area contributed by atoms with E-state index in [-0.39, 0.29) is 32.6 Å². The number of esters is 2. The van der Waals surface area contributed by atoms with Crippen LogP contribution in [0.15, 0.2) is 122 Å². The van der Waals surface area contributed by atoms with E-state index in [0.717, 1.165) is 116 Å². The van der Waals surface area contributed by atoms with E-state index in [1.54, 1.807) is 0 Å². The van der Waals surface area contributed by atoms with E-state index in [2.05, 4.69) is 135 Å². The number of hydrogen-bond donors (Lipinski definition) is 2. The molecule has 0 amide bonds. The molecule has 2 atom stereocenters. The Bertz CT molecular complexity index is 1600. The molecule has 0 aliphatic carbocycles. The summed E-state index contributed by atoms with van der Waals surface area (Å²) in [5.74, 6) is -0.854. The van der Waals surface area contributed by atoms with Crippen LogP contribution >= 0.6 is 7.82 Å². The first-order valence-electron chi connectivity index (χ1n) is 29.0. The molecule has 0 aromatic rings. The van der Waals surface area contributed by atoms with Crippen molar-refractivity contribution in [3.8, 4) is 0 Å². The van der Waals surface area contributed by atoms with Crippen LogP contribution in [0, 0.1) is 0 Å². The molecular formula is C63H106NO8P. The van der Waals surface area contributed by atoms with Gasteiger partial charge in [0.25, 0.3) is 0 Å². The molecule has 3 N–H and O–H groups in total. The van der Waals surface area contributed by atoms with Crippen molar-refractivity contribution in [1.29, 1.82) is 0 Å². The Balaban J connectivity index is 4.00. The smallest absolute Gasteiger partial charge is 0.462 e. The van der Waals surface area contributed by atoms with Crippen molar-refractivity contribution in [1.82, 2.24) is 0 Å². The summed E-state index contributed by atoms with van der Waals surface area (Å²) in [6.45, 7) is 3.49. The Morgan fingerprint density at radius 2 is 0.712 bits per heavy atom. The Kier molecular flexibility index (Phi) is 54.8. The largest absolute Gasteiger partial charge is 0.472 e. The van der Waals surface area contributed by atoms with E-state index in [1.165, 1.54) is 77.0 Å². The molecular weight excluding hydrogens is 930 g/mol. The van der Waals surface area contributed by atoms with Crippen molar-refractivity contribution < 1.29 is 37.6 Å². The predicted molar refractivity (Wildman–Crippen MR) is 311 cm³/mol. The van der Waals surface area contributed by atoms with Crippen molar-refractivity contribution >= 4 is 19.8 Å². The molecule has 0 rings (SSSR count). The van der Waals surface area contributed by atoms with Crippen LogP contribution in [0.1, 0.15) is 232 Å². The normalized spacial score (nSPS) is 14.0. The van der Waals surface area contributed by atoms with E-state index >= 15 is 0 Å². The van der Waals surface area contributed by atoms with E-state index in [4.69, 9.17) is 24.3 Å². The molecule has 0 fully saturated rings. The van der Waals surface area contributed by atoms with Gasteiger partial charge >= 0.3 is 19.8 Å². The van der Waals surface area contributed by atoms with Gasteiger partial charge in [0, 0.05) is 19.4 Å². The minimum absolute atomic E-state index is 0.0449. The van der Waals surface area contributed by atoms with Crippen molar-refractivity contribution in [3.63, 3.8) is 0 Å². The molecule has 73 heavy (non-hydrogen) atoms. The maximum Gasteiger partial charge on any atom is 0.472 e. The predicted octanol–water partition coefficient (Wildman–Crippen LogP) is 18.4. The number of allylic oxidation sites excluding steroid dienone is 20. The van der Waals surface area contributed by atoms with Gasteiger partial charge in [0.2, 0.25) is 0 Å². The van der Waals surface area contributed by atoms with Crippen molar-refractivity contribution in [2.24, 2.45) is 5.73 Å². The first-order valence-corrected chi connectivity index (χ1v) is 30.5. The SMILES string of the molecule is CC/C=C\C/C=C\C/C=C\C/C=C\C/C=C\CCCCCCCCCCCCCCCCCC(=O)OC(COC(=O)CCCCCCC/C=C\C/C=C\C/C=C\C/C=C\C/C=C\CC)COP(=O)(O)OCCN. The monoisotopic (exact) mass is 1040 g/mol. The van der Waals surface area contributed by atoms with Crippen LogP contribution < -0.4 is 5.73 Å². The molecule has 9 nitrogen and oxygen atoms in total. The van der Waals surface area contributed by atoms with Crippen molar-refractivity contribution in [2.45, 2.75) is 238 Å². The second-order valence-corrected chi connectivity index (χ2v) is 20.2. The standard InChI is InChI=1S/C63H106NO8P/c1-3-5-7-9-11-13-15-17-19-21-23-25-26-27-28-29-30-31-32-33-34-36-38-40-42-44-46-48-50-52-54-56-63(66)72-61(60-71-73(67,68)70-58-57-64)59-69-62(65)55-53-51-49-47-45-43-41-39-37-35-24-22-20-18-16-14-12-10-8-6-4-2/h5-8,11-14,17-20,23-25,27-28,35,39,41,61H,3-4,9-10,15-16,21-22,26,29-34,36-38,40,42-60,64H2,1-2H3,(H,67,68)/b7-5-,8-6-,13-11-,14-12-,19-17-,20-18-,25-23-,28-27-,35-24-,41-39-. The highest BCUT2D eigenvalue weighted by molar-refractivity contribution is 7.47. The molecule has 0 aliphatic rings. The van der Waals surface area contributed by atoms with Crippen molar-refractivity contribution in [3.05, 3.63) is 122 Å². The highest BCUT2D eigenvalue weighted by Crippen LogP contribution is 2.43. The third-order valence-electron chi connectivity index (χ3n) is 11.8. The van der Waals surface area contributed by atoms with Crippen LogP contribution in [0.3, 0.4) is 0 Å². The number of carbonyl (C=O) groups excluding carboxylic acids is 2. The highest BCUT2D eigenvalue weighted by Gasteiger charge is 2.26. The van der Waals surface area contributed by atoms with Crippen molar-refractivity contribution in [2.75, 3.05) is 26.4 Å². The summed E-state index contributed by atoms with van der Waals surface area (Å²) in [4.78, 5) is 35.2. The number of carbonyl (C=O) groups is 2. The van der Waals surface area contributed by atoms with Crippen LogP contribution in [0.5, 0.6) is 0 Å². The molecule has 0 saturated heterocycles. The van der Waals surface area contributed by atoms with E-state index in [0.29, 0.717) is 12.8 Å². The lowest BCUT2D eigenvalue weighted by atomic mass is 10.0. The minimum atomic E-state index is -4.40. The number of rotatable bonds is 53. The van der Waals surface area contributed by atoms with Gasteiger partial charge in [0.1, 0.15) is 6.61 Å². The molecule has 0 aromatic heterocycles.